The minimum absolute atomic E-state index is 0. The van der Waals surface area contributed by atoms with Crippen molar-refractivity contribution >= 4 is 32.8 Å². The van der Waals surface area contributed by atoms with Crippen molar-refractivity contribution in [3.63, 3.8) is 0 Å². The molecule has 0 amide bonds. The molecular formula is C60H46N4OPt-2. The van der Waals surface area contributed by atoms with Gasteiger partial charge in [-0.15, -0.1) is 29.7 Å². The van der Waals surface area contributed by atoms with Gasteiger partial charge in [0.1, 0.15) is 5.82 Å². The molecule has 66 heavy (non-hydrogen) atoms. The number of nitrogens with zero attached hydrogens (tertiary/aromatic N) is 4. The fourth-order valence-corrected chi connectivity index (χ4v) is 8.70. The van der Waals surface area contributed by atoms with Crippen LogP contribution in [0.5, 0.6) is 11.5 Å². The Morgan fingerprint density at radius 2 is 1.33 bits per heavy atom. The number of rotatable bonds is 9. The van der Waals surface area contributed by atoms with Crippen LogP contribution >= 0.6 is 0 Å². The fourth-order valence-electron chi connectivity index (χ4n) is 8.70. The van der Waals surface area contributed by atoms with E-state index >= 15 is 0 Å². The predicted octanol–water partition coefficient (Wildman–Crippen LogP) is 14.5. The summed E-state index contributed by atoms with van der Waals surface area (Å²) in [6, 6.07) is 42.5. The van der Waals surface area contributed by atoms with Crippen molar-refractivity contribution in [2.75, 3.05) is 0 Å². The Hall–Kier alpha value is -7.33. The molecule has 0 radical (unpaired) electrons. The van der Waals surface area contributed by atoms with E-state index in [9.17, 15) is 0 Å². The Morgan fingerprint density at radius 1 is 0.636 bits per heavy atom. The molecule has 6 heteroatoms. The Labute approximate surface area is 414 Å². The molecule has 0 unspecified atom stereocenters. The quantitative estimate of drug-likeness (QED) is 0.107. The molecule has 0 saturated heterocycles. The Balaban J connectivity index is 0.00000657. The minimum atomic E-state index is -0.572. The SMILES string of the molecule is [2H]c1c([2H])c([2H])c(-c2cccc(-c3c([2H])c([2H])c([2H])c([2H])c3[2H])c2-[n+]2[c-]n(-c3[c-]c(Oc4[c-]c5c(cc4)c4cc(-c6ccccc6)ccc4n5-c4cc(CC(C)(C)C)ccn4)ccc3)c3cccc(C)c32)c([2H])c1[2H].[Pt]. The standard InChI is InChI=1S/C60H46N4O.Pt/c1-41-17-14-28-55-58(41)63(59-50(44-20-10-6-11-21-44)26-16-27-51(59)45-22-12-7-13-23-45)40-62(55)47-24-15-25-48(37-47)65-49-30-31-52-53-36-46(43-18-8-5-9-19-43)29-32-54(53)64(56(52)38-49)57-35-42(33-34-61-57)39-60(2,3)4;/h5-36H,39H2,1-4H3;/q-2;/i6D,7D,10D,11D,12D,13D,20D,21D,22D,23D;. The van der Waals surface area contributed by atoms with E-state index in [1.54, 1.807) is 33.4 Å². The van der Waals surface area contributed by atoms with Crippen molar-refractivity contribution in [3.8, 4) is 62.1 Å². The minimum Gasteiger partial charge on any atom is -0.510 e. The first-order valence-electron chi connectivity index (χ1n) is 26.4. The molecule has 0 aliphatic carbocycles. The van der Waals surface area contributed by atoms with Crippen molar-refractivity contribution < 1.29 is 44.1 Å². The third-order valence-electron chi connectivity index (χ3n) is 11.4. The maximum atomic E-state index is 9.07. The number of aryl methyl sites for hydroxylation is 1. The molecule has 11 aromatic rings. The van der Waals surface area contributed by atoms with E-state index in [1.807, 2.05) is 73.8 Å². The van der Waals surface area contributed by atoms with Crippen LogP contribution in [-0.2, 0) is 27.5 Å². The van der Waals surface area contributed by atoms with E-state index in [0.717, 1.165) is 56.3 Å². The summed E-state index contributed by atoms with van der Waals surface area (Å²) in [6.45, 7) is 8.54. The van der Waals surface area contributed by atoms with Crippen LogP contribution < -0.4 is 9.30 Å². The molecule has 11 rings (SSSR count). The number of aromatic nitrogens is 4. The van der Waals surface area contributed by atoms with Crippen LogP contribution in [0.2, 0.25) is 0 Å². The molecule has 0 aliphatic heterocycles. The fraction of sp³-hybridized carbons (Fsp3) is 0.100. The number of ether oxygens (including phenoxy) is 1. The number of benzene rings is 8. The van der Waals surface area contributed by atoms with E-state index < -0.39 is 60.4 Å². The number of hydrogen-bond acceptors (Lipinski definition) is 2. The summed E-state index contributed by atoms with van der Waals surface area (Å²) in [5, 5.41) is 2.00. The molecule has 8 aromatic carbocycles. The molecule has 324 valence electrons. The van der Waals surface area contributed by atoms with Gasteiger partial charge in [-0.2, -0.15) is 18.2 Å². The van der Waals surface area contributed by atoms with Crippen LogP contribution in [0.4, 0.5) is 0 Å². The molecular weight excluding hydrogens is 988 g/mol. The van der Waals surface area contributed by atoms with Crippen molar-refractivity contribution in [3.05, 3.63) is 224 Å². The maximum absolute atomic E-state index is 9.07. The molecule has 5 nitrogen and oxygen atoms in total. The zero-order valence-electron chi connectivity index (χ0n) is 46.4. The first-order chi connectivity index (χ1) is 35.9. The molecule has 0 atom stereocenters. The number of hydrogen-bond donors (Lipinski definition) is 0. The summed E-state index contributed by atoms with van der Waals surface area (Å²) in [7, 11) is 0. The summed E-state index contributed by atoms with van der Waals surface area (Å²) >= 11 is 0. The summed E-state index contributed by atoms with van der Waals surface area (Å²) in [5.41, 5.74) is 7.79. The second-order valence-electron chi connectivity index (χ2n) is 17.2. The summed E-state index contributed by atoms with van der Waals surface area (Å²) < 4.78 is 99.7. The van der Waals surface area contributed by atoms with E-state index in [4.69, 9.17) is 23.4 Å². The van der Waals surface area contributed by atoms with Crippen LogP contribution in [0.25, 0.3) is 83.4 Å². The third-order valence-corrected chi connectivity index (χ3v) is 11.4. The van der Waals surface area contributed by atoms with E-state index in [1.165, 1.54) is 0 Å². The number of fused-ring (bicyclic) bond motifs is 4. The Bertz CT molecular complexity index is 4000. The van der Waals surface area contributed by atoms with Crippen molar-refractivity contribution in [1.82, 2.24) is 14.1 Å². The van der Waals surface area contributed by atoms with Crippen molar-refractivity contribution in [1.29, 1.82) is 0 Å². The smallest absolute Gasteiger partial charge is 0.268 e. The van der Waals surface area contributed by atoms with Gasteiger partial charge in [0.15, 0.2) is 0 Å². The zero-order valence-corrected chi connectivity index (χ0v) is 38.7. The molecule has 0 fully saturated rings. The number of para-hydroxylation sites is 2. The number of imidazole rings is 1. The third kappa shape index (κ3) is 8.05. The van der Waals surface area contributed by atoms with E-state index in [-0.39, 0.29) is 54.4 Å². The van der Waals surface area contributed by atoms with Crippen LogP contribution in [-0.4, -0.2) is 14.1 Å². The Kier molecular flexibility index (Phi) is 8.61. The van der Waals surface area contributed by atoms with Gasteiger partial charge in [0.05, 0.1) is 30.4 Å². The van der Waals surface area contributed by atoms with Gasteiger partial charge in [0.2, 0.25) is 0 Å². The van der Waals surface area contributed by atoms with Crippen LogP contribution in [0.1, 0.15) is 45.6 Å². The zero-order chi connectivity index (χ0) is 52.8. The summed E-state index contributed by atoms with van der Waals surface area (Å²) in [4.78, 5) is 4.89. The normalized spacial score (nSPS) is 13.7. The van der Waals surface area contributed by atoms with Gasteiger partial charge < -0.3 is 13.9 Å². The second kappa shape index (κ2) is 17.6. The topological polar surface area (TPSA) is 35.9 Å². The first kappa shape index (κ1) is 32.3. The second-order valence-corrected chi connectivity index (χ2v) is 17.2. The van der Waals surface area contributed by atoms with E-state index in [2.05, 4.69) is 86.3 Å². The average molecular weight is 1040 g/mol. The van der Waals surface area contributed by atoms with Crippen LogP contribution in [0.15, 0.2) is 194 Å². The Morgan fingerprint density at radius 3 is 2.06 bits per heavy atom. The molecule has 3 heterocycles. The van der Waals surface area contributed by atoms with Crippen molar-refractivity contribution in [2.45, 2.75) is 34.1 Å². The largest absolute Gasteiger partial charge is 0.510 e. The van der Waals surface area contributed by atoms with Gasteiger partial charge in [0.25, 0.3) is 6.33 Å². The number of pyridine rings is 1. The van der Waals surface area contributed by atoms with Gasteiger partial charge in [0, 0.05) is 44.3 Å². The molecule has 0 saturated carbocycles. The molecule has 0 N–H and O–H groups in total. The first-order valence-corrected chi connectivity index (χ1v) is 21.4. The van der Waals surface area contributed by atoms with Gasteiger partial charge in [-0.05, 0) is 92.5 Å². The van der Waals surface area contributed by atoms with Gasteiger partial charge >= 0.3 is 0 Å². The maximum Gasteiger partial charge on any atom is 0.268 e. The van der Waals surface area contributed by atoms with Crippen molar-refractivity contribution in [2.24, 2.45) is 5.41 Å². The summed E-state index contributed by atoms with van der Waals surface area (Å²) in [6.07, 6.45) is 6.17. The van der Waals surface area contributed by atoms with E-state index in [0.29, 0.717) is 28.2 Å². The molecule has 3 aromatic heterocycles. The van der Waals surface area contributed by atoms with Crippen LogP contribution in [0.3, 0.4) is 0 Å². The van der Waals surface area contributed by atoms with Gasteiger partial charge in [-0.3, -0.25) is 4.57 Å². The molecule has 0 bridgehead atoms. The van der Waals surface area contributed by atoms with Gasteiger partial charge in [-0.1, -0.05) is 166 Å². The monoisotopic (exact) mass is 1040 g/mol. The van der Waals surface area contributed by atoms with Gasteiger partial charge in [-0.25, -0.2) is 4.98 Å². The molecule has 0 spiro atoms. The average Bonchev–Trinajstić information content (AvgIpc) is 3.95. The molecule has 0 aliphatic rings. The predicted molar refractivity (Wildman–Crippen MR) is 264 cm³/mol. The van der Waals surface area contributed by atoms with Crippen LogP contribution in [0, 0.1) is 30.8 Å². The summed E-state index contributed by atoms with van der Waals surface area (Å²) in [5.74, 6) is 1.54.